The fourth-order valence-corrected chi connectivity index (χ4v) is 2.44. The van der Waals surface area contributed by atoms with Crippen LogP contribution in [0, 0.1) is 5.82 Å². The van der Waals surface area contributed by atoms with Crippen LogP contribution in [0.25, 0.3) is 0 Å². The summed E-state index contributed by atoms with van der Waals surface area (Å²) in [6, 6.07) is 11.4. The summed E-state index contributed by atoms with van der Waals surface area (Å²) >= 11 is 7.00. The van der Waals surface area contributed by atoms with Crippen molar-refractivity contribution in [1.82, 2.24) is 0 Å². The lowest BCUT2D eigenvalue weighted by Crippen LogP contribution is -1.86. The number of carbonyl (C=O) groups is 1. The van der Waals surface area contributed by atoms with E-state index in [0.29, 0.717) is 20.4 Å². The largest absolute Gasteiger partial charge is 0.298 e. The van der Waals surface area contributed by atoms with Gasteiger partial charge in [-0.1, -0.05) is 35.5 Å². The second kappa shape index (κ2) is 5.34. The third kappa shape index (κ3) is 2.87. The van der Waals surface area contributed by atoms with E-state index in [1.165, 1.54) is 17.8 Å². The van der Waals surface area contributed by atoms with E-state index in [1.54, 1.807) is 36.4 Å². The van der Waals surface area contributed by atoms with Gasteiger partial charge in [0.2, 0.25) is 0 Å². The molecule has 0 saturated carbocycles. The minimum absolute atomic E-state index is 0.302. The highest BCUT2D eigenvalue weighted by Crippen LogP contribution is 2.32. The van der Waals surface area contributed by atoms with Crippen LogP contribution in [-0.4, -0.2) is 6.29 Å². The molecule has 0 aliphatic carbocycles. The van der Waals surface area contributed by atoms with Crippen molar-refractivity contribution in [3.8, 4) is 0 Å². The Labute approximate surface area is 108 Å². The zero-order chi connectivity index (χ0) is 12.3. The molecule has 0 heterocycles. The molecule has 0 fully saturated rings. The molecule has 0 aliphatic rings. The predicted octanol–water partition coefficient (Wildman–Crippen LogP) is 4.44. The highest BCUT2D eigenvalue weighted by atomic mass is 35.5. The lowest BCUT2D eigenvalue weighted by molar-refractivity contribution is 0.112. The zero-order valence-electron chi connectivity index (χ0n) is 8.69. The SMILES string of the molecule is O=Cc1cc(Cl)ccc1Sc1ccccc1F. The summed E-state index contributed by atoms with van der Waals surface area (Å²) < 4.78 is 13.5. The monoisotopic (exact) mass is 266 g/mol. The average Bonchev–Trinajstić information content (AvgIpc) is 2.34. The molecule has 0 aliphatic heterocycles. The molecule has 0 bridgehead atoms. The zero-order valence-corrected chi connectivity index (χ0v) is 10.3. The van der Waals surface area contributed by atoms with Gasteiger partial charge >= 0.3 is 0 Å². The van der Waals surface area contributed by atoms with Gasteiger partial charge in [0.1, 0.15) is 5.82 Å². The Hall–Kier alpha value is -1.32. The molecule has 0 amide bonds. The van der Waals surface area contributed by atoms with Crippen molar-refractivity contribution >= 4 is 29.6 Å². The third-order valence-electron chi connectivity index (χ3n) is 2.16. The van der Waals surface area contributed by atoms with Crippen molar-refractivity contribution in [1.29, 1.82) is 0 Å². The van der Waals surface area contributed by atoms with Gasteiger partial charge in [0.05, 0.1) is 0 Å². The molecule has 2 rings (SSSR count). The summed E-state index contributed by atoms with van der Waals surface area (Å²) in [5.74, 6) is -0.302. The number of halogens is 2. The first kappa shape index (κ1) is 12.1. The molecule has 0 N–H and O–H groups in total. The summed E-state index contributed by atoms with van der Waals surface area (Å²) in [5, 5.41) is 0.491. The smallest absolute Gasteiger partial charge is 0.151 e. The molecule has 0 saturated heterocycles. The second-order valence-electron chi connectivity index (χ2n) is 3.33. The Morgan fingerprint density at radius 3 is 2.59 bits per heavy atom. The first-order valence-electron chi connectivity index (χ1n) is 4.88. The van der Waals surface area contributed by atoms with Crippen molar-refractivity contribution < 1.29 is 9.18 Å². The summed E-state index contributed by atoms with van der Waals surface area (Å²) in [6.07, 6.45) is 0.717. The van der Waals surface area contributed by atoms with E-state index in [-0.39, 0.29) is 5.82 Å². The van der Waals surface area contributed by atoms with E-state index in [0.717, 1.165) is 6.29 Å². The lowest BCUT2D eigenvalue weighted by atomic mass is 10.2. The molecule has 0 unspecified atom stereocenters. The molecular formula is C13H8ClFOS. The molecule has 86 valence electrons. The maximum atomic E-state index is 13.5. The van der Waals surface area contributed by atoms with Crippen molar-refractivity contribution in [3.63, 3.8) is 0 Å². The van der Waals surface area contributed by atoms with Crippen molar-refractivity contribution in [2.24, 2.45) is 0 Å². The fourth-order valence-electron chi connectivity index (χ4n) is 1.35. The fraction of sp³-hybridized carbons (Fsp3) is 0. The Kier molecular flexibility index (Phi) is 3.82. The van der Waals surface area contributed by atoms with Gasteiger partial charge in [-0.15, -0.1) is 0 Å². The van der Waals surface area contributed by atoms with E-state index in [1.807, 2.05) is 0 Å². The predicted molar refractivity (Wildman–Crippen MR) is 67.4 cm³/mol. The highest BCUT2D eigenvalue weighted by Gasteiger charge is 2.07. The molecule has 0 radical (unpaired) electrons. The van der Waals surface area contributed by atoms with Crippen LogP contribution in [-0.2, 0) is 0 Å². The summed E-state index contributed by atoms with van der Waals surface area (Å²) in [4.78, 5) is 12.1. The normalized spacial score (nSPS) is 10.2. The Balaban J connectivity index is 2.36. The topological polar surface area (TPSA) is 17.1 Å². The Morgan fingerprint density at radius 2 is 1.88 bits per heavy atom. The first-order chi connectivity index (χ1) is 8.20. The first-order valence-corrected chi connectivity index (χ1v) is 6.07. The second-order valence-corrected chi connectivity index (χ2v) is 4.85. The van der Waals surface area contributed by atoms with Crippen LogP contribution in [0.1, 0.15) is 10.4 Å². The number of rotatable bonds is 3. The standard InChI is InChI=1S/C13H8ClFOS/c14-10-5-6-12(9(7-10)8-16)17-13-4-2-1-3-11(13)15/h1-8H. The van der Waals surface area contributed by atoms with Crippen LogP contribution < -0.4 is 0 Å². The molecular weight excluding hydrogens is 259 g/mol. The van der Waals surface area contributed by atoms with Crippen molar-refractivity contribution in [3.05, 3.63) is 58.9 Å². The van der Waals surface area contributed by atoms with Crippen LogP contribution in [0.3, 0.4) is 0 Å². The van der Waals surface area contributed by atoms with E-state index in [2.05, 4.69) is 0 Å². The van der Waals surface area contributed by atoms with E-state index < -0.39 is 0 Å². The van der Waals surface area contributed by atoms with Gasteiger partial charge < -0.3 is 0 Å². The maximum absolute atomic E-state index is 13.5. The van der Waals surface area contributed by atoms with E-state index in [9.17, 15) is 9.18 Å². The van der Waals surface area contributed by atoms with Crippen LogP contribution >= 0.6 is 23.4 Å². The molecule has 4 heteroatoms. The minimum atomic E-state index is -0.302. The van der Waals surface area contributed by atoms with E-state index in [4.69, 9.17) is 11.6 Å². The van der Waals surface area contributed by atoms with Crippen LogP contribution in [0.15, 0.2) is 52.3 Å². The Morgan fingerprint density at radius 1 is 1.12 bits per heavy atom. The summed E-state index contributed by atoms with van der Waals surface area (Å²) in [6.45, 7) is 0. The maximum Gasteiger partial charge on any atom is 0.151 e. The molecule has 1 nitrogen and oxygen atoms in total. The van der Waals surface area contributed by atoms with Gasteiger partial charge in [-0.25, -0.2) is 4.39 Å². The van der Waals surface area contributed by atoms with Gasteiger partial charge in [-0.05, 0) is 30.3 Å². The number of hydrogen-bond donors (Lipinski definition) is 0. The van der Waals surface area contributed by atoms with Gasteiger partial charge in [0.25, 0.3) is 0 Å². The van der Waals surface area contributed by atoms with Gasteiger partial charge in [0, 0.05) is 20.4 Å². The minimum Gasteiger partial charge on any atom is -0.298 e. The van der Waals surface area contributed by atoms with Gasteiger partial charge in [-0.2, -0.15) is 0 Å². The van der Waals surface area contributed by atoms with Gasteiger partial charge in [-0.3, -0.25) is 4.79 Å². The molecule has 2 aromatic carbocycles. The quantitative estimate of drug-likeness (QED) is 0.764. The van der Waals surface area contributed by atoms with Crippen LogP contribution in [0.4, 0.5) is 4.39 Å². The highest BCUT2D eigenvalue weighted by molar-refractivity contribution is 7.99. The number of benzene rings is 2. The van der Waals surface area contributed by atoms with Crippen LogP contribution in [0.5, 0.6) is 0 Å². The number of aldehydes is 1. The summed E-state index contributed by atoms with van der Waals surface area (Å²) in [7, 11) is 0. The number of carbonyl (C=O) groups excluding carboxylic acids is 1. The van der Waals surface area contributed by atoms with Crippen molar-refractivity contribution in [2.45, 2.75) is 9.79 Å². The van der Waals surface area contributed by atoms with E-state index >= 15 is 0 Å². The van der Waals surface area contributed by atoms with Gasteiger partial charge in [0.15, 0.2) is 6.29 Å². The Bertz CT molecular complexity index is 557. The molecule has 17 heavy (non-hydrogen) atoms. The molecule has 2 aromatic rings. The number of hydrogen-bond acceptors (Lipinski definition) is 2. The molecule has 0 spiro atoms. The lowest BCUT2D eigenvalue weighted by Gasteiger charge is -2.05. The molecule has 0 aromatic heterocycles. The van der Waals surface area contributed by atoms with Crippen LogP contribution in [0.2, 0.25) is 5.02 Å². The molecule has 0 atom stereocenters. The van der Waals surface area contributed by atoms with Crippen molar-refractivity contribution in [2.75, 3.05) is 0 Å². The average molecular weight is 267 g/mol. The third-order valence-corrected chi connectivity index (χ3v) is 3.53. The summed E-state index contributed by atoms with van der Waals surface area (Å²) in [5.41, 5.74) is 0.464.